The number of nitrogens with zero attached hydrogens (tertiary/aromatic N) is 2. The minimum absolute atomic E-state index is 0.00463. The summed E-state index contributed by atoms with van der Waals surface area (Å²) in [5, 5.41) is 12.2. The molecule has 8 nitrogen and oxygen atoms in total. The normalized spacial score (nSPS) is 19.0. The van der Waals surface area contributed by atoms with E-state index < -0.39 is 17.7 Å². The number of hydrogen-bond donors (Lipinski definition) is 1. The molecule has 0 bridgehead atoms. The van der Waals surface area contributed by atoms with Gasteiger partial charge in [-0.25, -0.2) is 4.98 Å². The second kappa shape index (κ2) is 12.2. The van der Waals surface area contributed by atoms with Crippen LogP contribution in [0.4, 0.5) is 5.13 Å². The molecule has 45 heavy (non-hydrogen) atoms. The number of rotatable bonds is 9. The second-order valence-electron chi connectivity index (χ2n) is 12.2. The zero-order valence-corrected chi connectivity index (χ0v) is 27.3. The first kappa shape index (κ1) is 30.6. The molecule has 2 atom stereocenters. The Morgan fingerprint density at radius 2 is 1.89 bits per heavy atom. The number of benzene rings is 3. The summed E-state index contributed by atoms with van der Waals surface area (Å²) in [5.41, 5.74) is 4.82. The Labute approximate surface area is 267 Å². The largest absolute Gasteiger partial charge is 0.507 e. The average molecular weight is 627 g/mol. The van der Waals surface area contributed by atoms with Crippen molar-refractivity contribution in [3.05, 3.63) is 81.9 Å². The van der Waals surface area contributed by atoms with Crippen molar-refractivity contribution in [2.24, 2.45) is 5.92 Å². The highest BCUT2D eigenvalue weighted by molar-refractivity contribution is 7.22. The summed E-state index contributed by atoms with van der Waals surface area (Å²) in [5.74, 6) is 0.557. The number of aromatic nitrogens is 1. The molecule has 1 N–H and O–H groups in total. The molecule has 1 saturated heterocycles. The van der Waals surface area contributed by atoms with Crippen LogP contribution in [0.15, 0.2) is 54.1 Å². The summed E-state index contributed by atoms with van der Waals surface area (Å²) in [7, 11) is 0. The molecule has 1 aromatic heterocycles. The lowest BCUT2D eigenvalue weighted by atomic mass is 9.94. The molecule has 2 aliphatic heterocycles. The van der Waals surface area contributed by atoms with Gasteiger partial charge >= 0.3 is 5.91 Å². The van der Waals surface area contributed by atoms with Crippen LogP contribution in [0.2, 0.25) is 0 Å². The molecule has 9 heteroatoms. The van der Waals surface area contributed by atoms with E-state index in [-0.39, 0.29) is 17.4 Å². The average Bonchev–Trinajstić information content (AvgIpc) is 3.65. The minimum atomic E-state index is -0.945. The van der Waals surface area contributed by atoms with Gasteiger partial charge in [-0.1, -0.05) is 37.3 Å². The van der Waals surface area contributed by atoms with Gasteiger partial charge in [-0.2, -0.15) is 0 Å². The molecule has 1 amide bonds. The molecule has 0 spiro atoms. The summed E-state index contributed by atoms with van der Waals surface area (Å²) < 4.78 is 18.8. The third-order valence-corrected chi connectivity index (χ3v) is 9.18. The van der Waals surface area contributed by atoms with Crippen LogP contribution in [0, 0.1) is 19.8 Å². The quantitative estimate of drug-likeness (QED) is 0.116. The molecular weight excluding hydrogens is 588 g/mol. The molecule has 4 aromatic rings. The summed E-state index contributed by atoms with van der Waals surface area (Å²) in [6.07, 6.45) is 1.59. The van der Waals surface area contributed by atoms with Gasteiger partial charge in [-0.15, -0.1) is 0 Å². The standard InChI is InChI=1S/C36H38N2O6S/c1-7-42-28-18-23(8-11-27(28)43-13-12-19(2)3)32-30(33(39)24-9-10-26-25(17-24)16-22(6)44-26)34(40)35(41)38(32)36-37-31-21(5)14-20(4)15-29(31)45-36/h8-11,14-15,17-19,22,32,39H,7,12-13,16H2,1-6H3/b33-30-. The Morgan fingerprint density at radius 3 is 2.64 bits per heavy atom. The first-order valence-electron chi connectivity index (χ1n) is 15.4. The van der Waals surface area contributed by atoms with Crippen LogP contribution in [0.1, 0.15) is 68.0 Å². The van der Waals surface area contributed by atoms with Crippen molar-refractivity contribution in [3.63, 3.8) is 0 Å². The van der Waals surface area contributed by atoms with Gasteiger partial charge in [0.25, 0.3) is 5.78 Å². The molecule has 6 rings (SSSR count). The van der Waals surface area contributed by atoms with Crippen LogP contribution in [-0.4, -0.2) is 41.1 Å². The van der Waals surface area contributed by atoms with Crippen molar-refractivity contribution < 1.29 is 28.9 Å². The number of ether oxygens (including phenoxy) is 3. The van der Waals surface area contributed by atoms with Crippen molar-refractivity contribution in [1.82, 2.24) is 4.98 Å². The highest BCUT2D eigenvalue weighted by Gasteiger charge is 2.48. The number of carbonyl (C=O) groups excluding carboxylic acids is 2. The number of aryl methyl sites for hydroxylation is 2. The topological polar surface area (TPSA) is 98.2 Å². The van der Waals surface area contributed by atoms with E-state index in [1.165, 1.54) is 16.2 Å². The number of Topliss-reactive ketones (excluding diaryl/α,β-unsaturated/α-hetero) is 1. The van der Waals surface area contributed by atoms with Gasteiger partial charge < -0.3 is 19.3 Å². The van der Waals surface area contributed by atoms with Crippen molar-refractivity contribution in [2.75, 3.05) is 18.1 Å². The molecular formula is C36H38N2O6S. The molecule has 3 heterocycles. The van der Waals surface area contributed by atoms with Crippen LogP contribution in [0.5, 0.6) is 17.2 Å². The zero-order chi connectivity index (χ0) is 32.0. The van der Waals surface area contributed by atoms with Crippen molar-refractivity contribution in [1.29, 1.82) is 0 Å². The number of aliphatic hydroxyl groups excluding tert-OH is 1. The van der Waals surface area contributed by atoms with E-state index in [1.54, 1.807) is 24.3 Å². The highest BCUT2D eigenvalue weighted by Crippen LogP contribution is 2.46. The molecule has 0 radical (unpaired) electrons. The van der Waals surface area contributed by atoms with Crippen LogP contribution >= 0.6 is 11.3 Å². The van der Waals surface area contributed by atoms with Crippen molar-refractivity contribution in [2.45, 2.75) is 66.5 Å². The van der Waals surface area contributed by atoms with Crippen LogP contribution in [0.25, 0.3) is 16.0 Å². The summed E-state index contributed by atoms with van der Waals surface area (Å²) >= 11 is 1.35. The van der Waals surface area contributed by atoms with Crippen LogP contribution in [-0.2, 0) is 16.0 Å². The lowest BCUT2D eigenvalue weighted by molar-refractivity contribution is -0.132. The van der Waals surface area contributed by atoms with E-state index in [0.29, 0.717) is 53.3 Å². The molecule has 0 aliphatic carbocycles. The summed E-state index contributed by atoms with van der Waals surface area (Å²) in [6.45, 7) is 13.1. The fourth-order valence-electron chi connectivity index (χ4n) is 6.02. The second-order valence-corrected chi connectivity index (χ2v) is 13.2. The SMILES string of the molecule is CCOc1cc(C2/C(=C(/O)c3ccc4c(c3)CC(C)O4)C(=O)C(=O)N2c2nc3c(C)cc(C)cc3s2)ccc1OCCC(C)C. The van der Waals surface area contributed by atoms with Gasteiger partial charge in [-0.05, 0) is 98.7 Å². The smallest absolute Gasteiger partial charge is 0.301 e. The molecule has 2 unspecified atom stereocenters. The molecule has 0 saturated carbocycles. The third-order valence-electron chi connectivity index (χ3n) is 8.17. The Balaban J connectivity index is 1.51. The Hall–Kier alpha value is -4.37. The van der Waals surface area contributed by atoms with Crippen molar-refractivity contribution in [3.8, 4) is 17.2 Å². The lowest BCUT2D eigenvalue weighted by Crippen LogP contribution is -2.29. The van der Waals surface area contributed by atoms with Crippen molar-refractivity contribution >= 4 is 44.1 Å². The Kier molecular flexibility index (Phi) is 8.31. The van der Waals surface area contributed by atoms with Crippen LogP contribution < -0.4 is 19.1 Å². The number of carbonyl (C=O) groups is 2. The van der Waals surface area contributed by atoms with Crippen LogP contribution in [0.3, 0.4) is 0 Å². The Bertz CT molecular complexity index is 1840. The van der Waals surface area contributed by atoms with Gasteiger partial charge in [0.15, 0.2) is 16.6 Å². The number of anilines is 1. The summed E-state index contributed by atoms with van der Waals surface area (Å²) in [4.78, 5) is 34.0. The zero-order valence-electron chi connectivity index (χ0n) is 26.5. The van der Waals surface area contributed by atoms with Gasteiger partial charge in [0.2, 0.25) is 0 Å². The monoisotopic (exact) mass is 626 g/mol. The van der Waals surface area contributed by atoms with Gasteiger partial charge in [-0.3, -0.25) is 14.5 Å². The third kappa shape index (κ3) is 5.77. The molecule has 1 fully saturated rings. The molecule has 3 aromatic carbocycles. The maximum atomic E-state index is 13.9. The van der Waals surface area contributed by atoms with Gasteiger partial charge in [0.05, 0.1) is 35.0 Å². The fourth-order valence-corrected chi connectivity index (χ4v) is 7.19. The van der Waals surface area contributed by atoms with E-state index >= 15 is 0 Å². The lowest BCUT2D eigenvalue weighted by Gasteiger charge is -2.24. The van der Waals surface area contributed by atoms with E-state index in [1.807, 2.05) is 52.0 Å². The predicted molar refractivity (Wildman–Crippen MR) is 177 cm³/mol. The first-order chi connectivity index (χ1) is 21.5. The number of thiazole rings is 1. The van der Waals surface area contributed by atoms with E-state index in [9.17, 15) is 14.7 Å². The highest BCUT2D eigenvalue weighted by atomic mass is 32.1. The van der Waals surface area contributed by atoms with Gasteiger partial charge in [0, 0.05) is 12.0 Å². The predicted octanol–water partition coefficient (Wildman–Crippen LogP) is 7.69. The van der Waals surface area contributed by atoms with E-state index in [0.717, 1.165) is 39.1 Å². The van der Waals surface area contributed by atoms with E-state index in [2.05, 4.69) is 13.8 Å². The van der Waals surface area contributed by atoms with Gasteiger partial charge in [0.1, 0.15) is 17.6 Å². The number of fused-ring (bicyclic) bond motifs is 2. The number of hydrogen-bond acceptors (Lipinski definition) is 8. The molecule has 234 valence electrons. The summed E-state index contributed by atoms with van der Waals surface area (Å²) in [6, 6.07) is 13.9. The minimum Gasteiger partial charge on any atom is -0.507 e. The number of aliphatic hydroxyl groups is 1. The number of ketones is 1. The number of amides is 1. The molecule has 2 aliphatic rings. The maximum absolute atomic E-state index is 13.9. The first-order valence-corrected chi connectivity index (χ1v) is 16.3. The fraction of sp³-hybridized carbons (Fsp3) is 0.361. The van der Waals surface area contributed by atoms with E-state index in [4.69, 9.17) is 19.2 Å². The maximum Gasteiger partial charge on any atom is 0.301 e. The Morgan fingerprint density at radius 1 is 1.09 bits per heavy atom.